The zero-order chi connectivity index (χ0) is 20.8. The summed E-state index contributed by atoms with van der Waals surface area (Å²) in [6.45, 7) is 0. The van der Waals surface area contributed by atoms with E-state index in [0.29, 0.717) is 11.5 Å². The van der Waals surface area contributed by atoms with Crippen LogP contribution >= 0.6 is 0 Å². The largest absolute Gasteiger partial charge is 0.446 e. The van der Waals surface area contributed by atoms with Crippen molar-refractivity contribution in [3.05, 3.63) is 71.8 Å². The molecule has 0 amide bonds. The van der Waals surface area contributed by atoms with Crippen LogP contribution in [-0.4, -0.2) is 52.0 Å². The van der Waals surface area contributed by atoms with Gasteiger partial charge in [-0.15, -0.1) is 0 Å². The van der Waals surface area contributed by atoms with Crippen LogP contribution in [0, 0.1) is 0 Å². The van der Waals surface area contributed by atoms with E-state index in [-0.39, 0.29) is 11.1 Å². The summed E-state index contributed by atoms with van der Waals surface area (Å²) in [4.78, 5) is 27.5. The highest BCUT2D eigenvalue weighted by Crippen LogP contribution is 2.72. The van der Waals surface area contributed by atoms with Gasteiger partial charge in [0.25, 0.3) is 5.60 Å². The third-order valence-electron chi connectivity index (χ3n) is 7.34. The minimum absolute atomic E-state index is 0.229. The van der Waals surface area contributed by atoms with Gasteiger partial charge in [0.2, 0.25) is 17.2 Å². The third kappa shape index (κ3) is 1.46. The van der Waals surface area contributed by atoms with Gasteiger partial charge in [-0.05, 0) is 17.5 Å². The number of epoxide rings is 2. The molecule has 2 aliphatic carbocycles. The van der Waals surface area contributed by atoms with Gasteiger partial charge in [-0.1, -0.05) is 48.5 Å². The maximum atomic E-state index is 13.9. The number of rotatable bonds is 0. The Labute approximate surface area is 175 Å². The van der Waals surface area contributed by atoms with Gasteiger partial charge in [-0.2, -0.15) is 0 Å². The molecule has 0 bridgehead atoms. The number of ketones is 2. The SMILES string of the molecule is O=C1c2ccccc2C(=O)[C@]23O[C@@]12[C@H](O)[C@H]1O[C@H]1C31Oc2cccc3cccc(c23)O1. The molecule has 3 fully saturated rings. The lowest BCUT2D eigenvalue weighted by atomic mass is 9.63. The van der Waals surface area contributed by atoms with Crippen LogP contribution in [-0.2, 0) is 9.47 Å². The maximum absolute atomic E-state index is 13.9. The Kier molecular flexibility index (Phi) is 2.46. The second-order valence-electron chi connectivity index (χ2n) is 8.67. The highest BCUT2D eigenvalue weighted by atomic mass is 16.8. The summed E-state index contributed by atoms with van der Waals surface area (Å²) in [7, 11) is 0. The Bertz CT molecular complexity index is 1350. The van der Waals surface area contributed by atoms with E-state index in [1.54, 1.807) is 36.4 Å². The van der Waals surface area contributed by atoms with E-state index in [2.05, 4.69) is 0 Å². The molecule has 3 aliphatic heterocycles. The molecule has 0 radical (unpaired) electrons. The van der Waals surface area contributed by atoms with Crippen molar-refractivity contribution in [1.29, 1.82) is 0 Å². The summed E-state index contributed by atoms with van der Waals surface area (Å²) in [6.07, 6.45) is -2.79. The number of hydrogen-bond donors (Lipinski definition) is 1. The second-order valence-corrected chi connectivity index (χ2v) is 8.67. The van der Waals surface area contributed by atoms with E-state index in [0.717, 1.165) is 10.8 Å². The van der Waals surface area contributed by atoms with Crippen molar-refractivity contribution in [3.63, 3.8) is 0 Å². The Morgan fingerprint density at radius 1 is 0.806 bits per heavy atom. The van der Waals surface area contributed by atoms with Crippen LogP contribution in [0.5, 0.6) is 11.5 Å². The molecule has 5 aliphatic rings. The average Bonchev–Trinajstić information content (AvgIpc) is 3.70. The van der Waals surface area contributed by atoms with E-state index in [1.165, 1.54) is 0 Å². The lowest BCUT2D eigenvalue weighted by Crippen LogP contribution is -2.73. The first-order valence-corrected chi connectivity index (χ1v) is 10.2. The normalized spacial score (nSPS) is 37.1. The molecule has 1 N–H and O–H groups in total. The van der Waals surface area contributed by atoms with Gasteiger partial charge in [-0.3, -0.25) is 9.59 Å². The molecule has 152 valence electrons. The topological polar surface area (TPSA) is 97.9 Å². The van der Waals surface area contributed by atoms with Crippen molar-refractivity contribution < 1.29 is 33.6 Å². The van der Waals surface area contributed by atoms with Gasteiger partial charge < -0.3 is 24.1 Å². The summed E-state index contributed by atoms with van der Waals surface area (Å²) in [5, 5.41) is 12.7. The fourth-order valence-electron chi connectivity index (χ4n) is 5.95. The smallest absolute Gasteiger partial charge is 0.321 e. The number of aliphatic hydroxyl groups excluding tert-OH is 1. The minimum atomic E-state index is -1.84. The highest BCUT2D eigenvalue weighted by molar-refractivity contribution is 6.26. The third-order valence-corrected chi connectivity index (χ3v) is 7.34. The standard InChI is InChI=1S/C24H14O7/c25-18-12-7-1-2-8-13(12)19(26)23-22(18,31-23)20(27)17-21(28-17)24(23)29-14-9-3-5-11-6-4-10-15(30-24)16(11)14/h1-10,17,20-21,27H/t17-,20-,21-,22-,23+/m1/s1. The number of carbonyl (C=O) groups is 2. The molecule has 2 saturated heterocycles. The first-order valence-electron chi connectivity index (χ1n) is 10.2. The van der Waals surface area contributed by atoms with Gasteiger partial charge in [0.1, 0.15) is 23.7 Å². The van der Waals surface area contributed by atoms with E-state index in [1.807, 2.05) is 24.3 Å². The second kappa shape index (κ2) is 4.65. The van der Waals surface area contributed by atoms with E-state index < -0.39 is 46.9 Å². The molecule has 0 aromatic heterocycles. The zero-order valence-corrected chi connectivity index (χ0v) is 15.9. The molecule has 3 aromatic carbocycles. The van der Waals surface area contributed by atoms with Crippen LogP contribution in [0.2, 0.25) is 0 Å². The zero-order valence-electron chi connectivity index (χ0n) is 15.9. The van der Waals surface area contributed by atoms with Gasteiger partial charge >= 0.3 is 5.79 Å². The molecule has 1 saturated carbocycles. The molecule has 31 heavy (non-hydrogen) atoms. The average molecular weight is 414 g/mol. The number of fused-ring (bicyclic) bond motifs is 3. The molecule has 3 heterocycles. The Morgan fingerprint density at radius 3 is 2.13 bits per heavy atom. The van der Waals surface area contributed by atoms with E-state index in [9.17, 15) is 14.7 Å². The number of carbonyl (C=O) groups excluding carboxylic acids is 2. The number of ether oxygens (including phenoxy) is 4. The molecule has 7 heteroatoms. The fourth-order valence-corrected chi connectivity index (χ4v) is 5.95. The van der Waals surface area contributed by atoms with Crippen LogP contribution in [0.15, 0.2) is 60.7 Å². The predicted octanol–water partition coefficient (Wildman–Crippen LogP) is 2.04. The van der Waals surface area contributed by atoms with Crippen LogP contribution in [0.25, 0.3) is 10.8 Å². The van der Waals surface area contributed by atoms with Gasteiger partial charge in [0.15, 0.2) is 6.10 Å². The quantitative estimate of drug-likeness (QED) is 0.562. The lowest BCUT2D eigenvalue weighted by molar-refractivity contribution is -0.174. The van der Waals surface area contributed by atoms with Crippen molar-refractivity contribution in [1.82, 2.24) is 0 Å². The van der Waals surface area contributed by atoms with Crippen molar-refractivity contribution >= 4 is 22.3 Å². The van der Waals surface area contributed by atoms with Crippen molar-refractivity contribution in [3.8, 4) is 11.5 Å². The monoisotopic (exact) mass is 414 g/mol. The first-order chi connectivity index (χ1) is 15.1. The van der Waals surface area contributed by atoms with E-state index in [4.69, 9.17) is 18.9 Å². The summed E-state index contributed by atoms with van der Waals surface area (Å²) in [5.41, 5.74) is -3.17. The van der Waals surface area contributed by atoms with Gasteiger partial charge in [0.05, 0.1) is 5.39 Å². The van der Waals surface area contributed by atoms with Gasteiger partial charge in [-0.25, -0.2) is 0 Å². The number of hydrogen-bond acceptors (Lipinski definition) is 7. The molecule has 0 unspecified atom stereocenters. The molecule has 3 aromatic rings. The lowest BCUT2D eigenvalue weighted by Gasteiger charge is -2.45. The fraction of sp³-hybridized carbons (Fsp3) is 0.250. The van der Waals surface area contributed by atoms with Crippen molar-refractivity contribution in [2.24, 2.45) is 0 Å². The Hall–Kier alpha value is -3.26. The molecular formula is C24H14O7. The van der Waals surface area contributed by atoms with Crippen LogP contribution < -0.4 is 9.47 Å². The summed E-state index contributed by atoms with van der Waals surface area (Å²) >= 11 is 0. The summed E-state index contributed by atoms with van der Waals surface area (Å²) < 4.78 is 24.7. The number of benzene rings is 3. The highest BCUT2D eigenvalue weighted by Gasteiger charge is 3.01. The van der Waals surface area contributed by atoms with E-state index >= 15 is 0 Å². The Morgan fingerprint density at radius 2 is 1.45 bits per heavy atom. The van der Waals surface area contributed by atoms with Gasteiger partial charge in [0, 0.05) is 11.1 Å². The molecule has 7 nitrogen and oxygen atoms in total. The molecule has 5 atom stereocenters. The van der Waals surface area contributed by atoms with Crippen LogP contribution in [0.1, 0.15) is 20.7 Å². The molecular weight excluding hydrogens is 400 g/mol. The van der Waals surface area contributed by atoms with Crippen LogP contribution in [0.4, 0.5) is 0 Å². The summed E-state index contributed by atoms with van der Waals surface area (Å²) in [5.74, 6) is -1.58. The molecule has 8 rings (SSSR count). The number of Topliss-reactive ketones (excluding diaryl/α,β-unsaturated/α-hetero) is 2. The van der Waals surface area contributed by atoms with Crippen molar-refractivity contribution in [2.45, 2.75) is 35.3 Å². The summed E-state index contributed by atoms with van der Waals surface area (Å²) in [6, 6.07) is 17.7. The minimum Gasteiger partial charge on any atom is -0.446 e. The first kappa shape index (κ1) is 16.4. The Balaban J connectivity index is 1.42. The van der Waals surface area contributed by atoms with Crippen molar-refractivity contribution in [2.75, 3.05) is 0 Å². The van der Waals surface area contributed by atoms with Crippen LogP contribution in [0.3, 0.4) is 0 Å². The molecule has 1 spiro atoms. The maximum Gasteiger partial charge on any atom is 0.321 e. The number of aliphatic hydroxyl groups is 1. The predicted molar refractivity (Wildman–Crippen MR) is 104 cm³/mol.